The molecule has 0 bridgehead atoms. The lowest BCUT2D eigenvalue weighted by Gasteiger charge is -2.26. The number of halogens is 1. The minimum Gasteiger partial charge on any atom is -0.396 e. The van der Waals surface area contributed by atoms with Crippen molar-refractivity contribution in [3.8, 4) is 0 Å². The van der Waals surface area contributed by atoms with Gasteiger partial charge in [-0.3, -0.25) is 0 Å². The van der Waals surface area contributed by atoms with Gasteiger partial charge in [-0.2, -0.15) is 0 Å². The molecule has 0 saturated carbocycles. The first-order chi connectivity index (χ1) is 8.49. The fourth-order valence-corrected chi connectivity index (χ4v) is 2.16. The molecule has 0 aromatic heterocycles. The van der Waals surface area contributed by atoms with E-state index >= 15 is 0 Å². The van der Waals surface area contributed by atoms with Crippen LogP contribution in [-0.2, 0) is 0 Å². The third-order valence-corrected chi connectivity index (χ3v) is 4.29. The lowest BCUT2D eigenvalue weighted by Crippen LogP contribution is -2.39. The second-order valence-corrected chi connectivity index (χ2v) is 5.77. The highest BCUT2D eigenvalue weighted by Gasteiger charge is 2.17. The molecule has 4 heteroatoms. The van der Waals surface area contributed by atoms with Gasteiger partial charge in [-0.05, 0) is 37.0 Å². The van der Waals surface area contributed by atoms with Gasteiger partial charge < -0.3 is 16.2 Å². The van der Waals surface area contributed by atoms with Crippen LogP contribution in [0.3, 0.4) is 0 Å². The van der Waals surface area contributed by atoms with Crippen molar-refractivity contribution in [2.24, 2.45) is 11.7 Å². The van der Waals surface area contributed by atoms with E-state index in [-0.39, 0.29) is 24.6 Å². The number of nitrogens with two attached hydrogens (primary N) is 1. The average molecular weight is 315 g/mol. The molecule has 0 aliphatic carbocycles. The molecular formula is C14H23BrN2O. The van der Waals surface area contributed by atoms with Gasteiger partial charge >= 0.3 is 0 Å². The van der Waals surface area contributed by atoms with Gasteiger partial charge in [0.25, 0.3) is 0 Å². The number of rotatable bonds is 6. The highest BCUT2D eigenvalue weighted by Crippen LogP contribution is 2.22. The van der Waals surface area contributed by atoms with Crippen molar-refractivity contribution in [2.45, 2.75) is 32.9 Å². The Balaban J connectivity index is 2.79. The fourth-order valence-electron chi connectivity index (χ4n) is 1.77. The third kappa shape index (κ3) is 4.05. The first-order valence-electron chi connectivity index (χ1n) is 6.32. The smallest absolute Gasteiger partial charge is 0.0471 e. The Morgan fingerprint density at radius 1 is 1.39 bits per heavy atom. The molecule has 0 aliphatic rings. The second-order valence-electron chi connectivity index (χ2n) is 4.91. The summed E-state index contributed by atoms with van der Waals surface area (Å²) in [7, 11) is 0. The first-order valence-corrected chi connectivity index (χ1v) is 7.12. The zero-order valence-electron chi connectivity index (χ0n) is 11.3. The first kappa shape index (κ1) is 15.6. The van der Waals surface area contributed by atoms with Gasteiger partial charge in [0.1, 0.15) is 0 Å². The van der Waals surface area contributed by atoms with Crippen molar-refractivity contribution in [3.63, 3.8) is 0 Å². The Kier molecular flexibility index (Phi) is 6.29. The molecular weight excluding hydrogens is 292 g/mol. The van der Waals surface area contributed by atoms with E-state index in [2.05, 4.69) is 53.3 Å². The summed E-state index contributed by atoms with van der Waals surface area (Å²) in [5.74, 6) is 0.216. The number of nitrogens with one attached hydrogen (secondary N) is 1. The molecule has 3 unspecified atom stereocenters. The largest absolute Gasteiger partial charge is 0.396 e. The zero-order chi connectivity index (χ0) is 13.7. The van der Waals surface area contributed by atoms with Crippen LogP contribution in [0, 0.1) is 12.8 Å². The Labute approximate surface area is 118 Å². The van der Waals surface area contributed by atoms with Gasteiger partial charge in [0.15, 0.2) is 0 Å². The number of aryl methyl sites for hydroxylation is 1. The predicted octanol–water partition coefficient (Wildman–Crippen LogP) is 2.36. The molecule has 1 aromatic carbocycles. The molecule has 3 nitrogen and oxygen atoms in total. The van der Waals surface area contributed by atoms with E-state index in [4.69, 9.17) is 10.8 Å². The Morgan fingerprint density at radius 3 is 2.56 bits per heavy atom. The number of aliphatic hydroxyl groups is 1. The number of aliphatic hydroxyl groups excluding tert-OH is 1. The molecule has 4 N–H and O–H groups in total. The summed E-state index contributed by atoms with van der Waals surface area (Å²) < 4.78 is 1.10. The molecule has 0 amide bonds. The van der Waals surface area contributed by atoms with Crippen molar-refractivity contribution in [3.05, 3.63) is 33.8 Å². The maximum atomic E-state index is 9.16. The Bertz CT molecular complexity index is 384. The SMILES string of the molecule is Cc1ccc(C(CN)NC(C)C(C)CO)cc1Br. The zero-order valence-corrected chi connectivity index (χ0v) is 12.9. The van der Waals surface area contributed by atoms with E-state index in [1.54, 1.807) is 0 Å². The van der Waals surface area contributed by atoms with E-state index in [0.29, 0.717) is 6.54 Å². The standard InChI is InChI=1S/C14H23BrN2O/c1-9-4-5-12(6-13(9)15)14(7-16)17-11(3)10(2)8-18/h4-6,10-11,14,17-18H,7-8,16H2,1-3H3. The van der Waals surface area contributed by atoms with Gasteiger partial charge in [0.2, 0.25) is 0 Å². The van der Waals surface area contributed by atoms with Crippen LogP contribution in [0.25, 0.3) is 0 Å². The van der Waals surface area contributed by atoms with Gasteiger partial charge in [0, 0.05) is 29.7 Å². The van der Waals surface area contributed by atoms with E-state index in [1.165, 1.54) is 11.1 Å². The lowest BCUT2D eigenvalue weighted by atomic mass is 10.0. The van der Waals surface area contributed by atoms with Crippen molar-refractivity contribution in [1.29, 1.82) is 0 Å². The normalized spacial score (nSPS) is 16.3. The summed E-state index contributed by atoms with van der Waals surface area (Å²) in [6.07, 6.45) is 0. The van der Waals surface area contributed by atoms with Crippen molar-refractivity contribution in [2.75, 3.05) is 13.2 Å². The molecule has 0 heterocycles. The summed E-state index contributed by atoms with van der Waals surface area (Å²) >= 11 is 3.54. The van der Waals surface area contributed by atoms with Crippen LogP contribution in [0.1, 0.15) is 31.0 Å². The molecule has 3 atom stereocenters. The molecule has 0 radical (unpaired) electrons. The highest BCUT2D eigenvalue weighted by atomic mass is 79.9. The molecule has 0 saturated heterocycles. The maximum absolute atomic E-state index is 9.16. The van der Waals surface area contributed by atoms with Gasteiger partial charge in [-0.1, -0.05) is 35.0 Å². The van der Waals surface area contributed by atoms with E-state index < -0.39 is 0 Å². The molecule has 102 valence electrons. The predicted molar refractivity (Wildman–Crippen MR) is 79.5 cm³/mol. The Morgan fingerprint density at radius 2 is 2.06 bits per heavy atom. The van der Waals surface area contributed by atoms with Gasteiger partial charge in [0.05, 0.1) is 0 Å². The minimum absolute atomic E-state index is 0.117. The number of benzene rings is 1. The molecule has 18 heavy (non-hydrogen) atoms. The van der Waals surface area contributed by atoms with Crippen LogP contribution in [0.5, 0.6) is 0 Å². The summed E-state index contributed by atoms with van der Waals surface area (Å²) in [4.78, 5) is 0. The Hall–Kier alpha value is -0.420. The quantitative estimate of drug-likeness (QED) is 0.755. The lowest BCUT2D eigenvalue weighted by molar-refractivity contribution is 0.201. The van der Waals surface area contributed by atoms with Crippen LogP contribution in [-0.4, -0.2) is 24.3 Å². The fraction of sp³-hybridized carbons (Fsp3) is 0.571. The van der Waals surface area contributed by atoms with Crippen molar-refractivity contribution >= 4 is 15.9 Å². The minimum atomic E-state index is 0.117. The van der Waals surface area contributed by atoms with Gasteiger partial charge in [-0.25, -0.2) is 0 Å². The molecule has 0 fully saturated rings. The number of hydrogen-bond acceptors (Lipinski definition) is 3. The molecule has 1 aromatic rings. The summed E-state index contributed by atoms with van der Waals surface area (Å²) in [6, 6.07) is 6.63. The van der Waals surface area contributed by atoms with E-state index in [9.17, 15) is 0 Å². The summed E-state index contributed by atoms with van der Waals surface area (Å²) in [5.41, 5.74) is 8.23. The molecule has 0 aliphatic heterocycles. The van der Waals surface area contributed by atoms with Gasteiger partial charge in [-0.15, -0.1) is 0 Å². The monoisotopic (exact) mass is 314 g/mol. The van der Waals surface area contributed by atoms with Crippen molar-refractivity contribution < 1.29 is 5.11 Å². The van der Waals surface area contributed by atoms with Crippen molar-refractivity contribution in [1.82, 2.24) is 5.32 Å². The molecule has 0 spiro atoms. The van der Waals surface area contributed by atoms with Crippen LogP contribution in [0.15, 0.2) is 22.7 Å². The van der Waals surface area contributed by atoms with E-state index in [0.717, 1.165) is 4.47 Å². The van der Waals surface area contributed by atoms with Crippen LogP contribution in [0.2, 0.25) is 0 Å². The topological polar surface area (TPSA) is 58.3 Å². The summed E-state index contributed by atoms with van der Waals surface area (Å²) in [6.45, 7) is 6.89. The molecule has 1 rings (SSSR count). The highest BCUT2D eigenvalue weighted by molar-refractivity contribution is 9.10. The third-order valence-electron chi connectivity index (χ3n) is 3.44. The van der Waals surface area contributed by atoms with E-state index in [1.807, 2.05) is 6.92 Å². The summed E-state index contributed by atoms with van der Waals surface area (Å²) in [5, 5.41) is 12.6. The second kappa shape index (κ2) is 7.24. The average Bonchev–Trinajstić information content (AvgIpc) is 2.38. The maximum Gasteiger partial charge on any atom is 0.0471 e. The van der Waals surface area contributed by atoms with Crippen LogP contribution in [0.4, 0.5) is 0 Å². The van der Waals surface area contributed by atoms with Crippen LogP contribution >= 0.6 is 15.9 Å². The number of hydrogen-bond donors (Lipinski definition) is 3. The van der Waals surface area contributed by atoms with Crippen LogP contribution < -0.4 is 11.1 Å².